The number of ether oxygens (including phenoxy) is 1. The number of carbonyl (C=O) groups is 2. The van der Waals surface area contributed by atoms with E-state index in [9.17, 15) is 9.59 Å². The summed E-state index contributed by atoms with van der Waals surface area (Å²) in [6, 6.07) is 4.04. The summed E-state index contributed by atoms with van der Waals surface area (Å²) >= 11 is 12.4. The highest BCUT2D eigenvalue weighted by Gasteiger charge is 2.34. The lowest BCUT2D eigenvalue weighted by Crippen LogP contribution is -2.46. The van der Waals surface area contributed by atoms with Gasteiger partial charge in [-0.1, -0.05) is 48.7 Å². The molecule has 0 fully saturated rings. The summed E-state index contributed by atoms with van der Waals surface area (Å²) < 4.78 is 5.18. The average Bonchev–Trinajstić information content (AvgIpc) is 2.55. The van der Waals surface area contributed by atoms with Gasteiger partial charge in [-0.15, -0.1) is 0 Å². The highest BCUT2D eigenvalue weighted by Crippen LogP contribution is 2.36. The highest BCUT2D eigenvalue weighted by atomic mass is 35.5. The van der Waals surface area contributed by atoms with Crippen molar-refractivity contribution in [3.8, 4) is 0 Å². The maximum Gasteiger partial charge on any atom is 0.338 e. The summed E-state index contributed by atoms with van der Waals surface area (Å²) in [6.45, 7) is 4.02. The van der Waals surface area contributed by atoms with Gasteiger partial charge in [-0.3, -0.25) is 0 Å². The van der Waals surface area contributed by atoms with Crippen LogP contribution in [0, 0.1) is 0 Å². The van der Waals surface area contributed by atoms with Crippen molar-refractivity contribution in [3.05, 3.63) is 45.1 Å². The summed E-state index contributed by atoms with van der Waals surface area (Å²) in [5.74, 6) is -0.475. The second-order valence-corrected chi connectivity index (χ2v) is 6.18. The second-order valence-electron chi connectivity index (χ2n) is 5.39. The number of unbranched alkanes of at least 4 members (excludes halogenated alkanes) is 1. The topological polar surface area (TPSA) is 67.4 Å². The Morgan fingerprint density at radius 3 is 2.71 bits per heavy atom. The molecular weight excluding hydrogens is 351 g/mol. The number of hydrogen-bond acceptors (Lipinski definition) is 3. The molecule has 0 aliphatic carbocycles. The van der Waals surface area contributed by atoms with E-state index >= 15 is 0 Å². The Labute approximate surface area is 151 Å². The Bertz CT molecular complexity index is 674. The molecule has 1 aliphatic rings. The van der Waals surface area contributed by atoms with Gasteiger partial charge in [-0.05, 0) is 31.4 Å². The summed E-state index contributed by atoms with van der Waals surface area (Å²) in [5, 5.41) is 6.14. The molecule has 2 rings (SSSR count). The number of benzene rings is 1. The van der Waals surface area contributed by atoms with Crippen LogP contribution in [0.2, 0.25) is 10.0 Å². The van der Waals surface area contributed by atoms with Crippen molar-refractivity contribution >= 4 is 35.2 Å². The molecule has 1 unspecified atom stereocenters. The molecule has 130 valence electrons. The van der Waals surface area contributed by atoms with Crippen LogP contribution in [0.1, 0.15) is 44.7 Å². The van der Waals surface area contributed by atoms with Crippen LogP contribution >= 0.6 is 23.2 Å². The van der Waals surface area contributed by atoms with Crippen molar-refractivity contribution in [1.29, 1.82) is 0 Å². The van der Waals surface area contributed by atoms with Gasteiger partial charge in [0, 0.05) is 5.70 Å². The first kappa shape index (κ1) is 18.6. The van der Waals surface area contributed by atoms with Crippen molar-refractivity contribution in [3.63, 3.8) is 0 Å². The van der Waals surface area contributed by atoms with Crippen molar-refractivity contribution < 1.29 is 14.3 Å². The number of halogens is 2. The molecule has 0 bridgehead atoms. The monoisotopic (exact) mass is 370 g/mol. The first-order chi connectivity index (χ1) is 11.5. The number of amides is 2. The fraction of sp³-hybridized carbons (Fsp3) is 0.412. The number of nitrogens with one attached hydrogen (secondary N) is 2. The second kappa shape index (κ2) is 8.40. The molecule has 0 spiro atoms. The molecule has 0 radical (unpaired) electrons. The molecule has 7 heteroatoms. The van der Waals surface area contributed by atoms with Crippen LogP contribution in [0.15, 0.2) is 29.5 Å². The Morgan fingerprint density at radius 2 is 2.04 bits per heavy atom. The predicted octanol–water partition coefficient (Wildman–Crippen LogP) is 4.35. The molecule has 0 aromatic heterocycles. The lowest BCUT2D eigenvalue weighted by atomic mass is 9.93. The molecular formula is C17H20Cl2N2O3. The van der Waals surface area contributed by atoms with Gasteiger partial charge < -0.3 is 15.4 Å². The van der Waals surface area contributed by atoms with E-state index in [2.05, 4.69) is 10.6 Å². The zero-order valence-electron chi connectivity index (χ0n) is 13.6. The number of allylic oxidation sites excluding steroid dienone is 1. The molecule has 2 N–H and O–H groups in total. The fourth-order valence-electron chi connectivity index (χ4n) is 2.60. The summed E-state index contributed by atoms with van der Waals surface area (Å²) in [6.07, 6.45) is 2.35. The summed E-state index contributed by atoms with van der Waals surface area (Å²) in [7, 11) is 0. The number of hydrogen-bond donors (Lipinski definition) is 2. The zero-order valence-corrected chi connectivity index (χ0v) is 15.1. The number of urea groups is 1. The van der Waals surface area contributed by atoms with Gasteiger partial charge in [-0.2, -0.15) is 0 Å². The third kappa shape index (κ3) is 4.02. The van der Waals surface area contributed by atoms with E-state index in [1.807, 2.05) is 6.92 Å². The quantitative estimate of drug-likeness (QED) is 0.731. The summed E-state index contributed by atoms with van der Waals surface area (Å²) in [5.41, 5.74) is 1.50. The fourth-order valence-corrected chi connectivity index (χ4v) is 3.01. The van der Waals surface area contributed by atoms with Gasteiger partial charge in [0.1, 0.15) is 0 Å². The van der Waals surface area contributed by atoms with Gasteiger partial charge >= 0.3 is 12.0 Å². The molecule has 1 aliphatic heterocycles. The molecule has 0 saturated carbocycles. The minimum atomic E-state index is -0.698. The largest absolute Gasteiger partial charge is 0.463 e. The van der Waals surface area contributed by atoms with Gasteiger partial charge in [0.15, 0.2) is 0 Å². The van der Waals surface area contributed by atoms with E-state index in [4.69, 9.17) is 27.9 Å². The Kier molecular flexibility index (Phi) is 6.52. The number of esters is 1. The molecule has 0 saturated heterocycles. The van der Waals surface area contributed by atoms with Crippen LogP contribution in [0.4, 0.5) is 4.79 Å². The lowest BCUT2D eigenvalue weighted by molar-refractivity contribution is -0.139. The minimum Gasteiger partial charge on any atom is -0.463 e. The average molecular weight is 371 g/mol. The maximum absolute atomic E-state index is 12.5. The van der Waals surface area contributed by atoms with E-state index in [0.717, 1.165) is 12.8 Å². The van der Waals surface area contributed by atoms with Crippen LogP contribution in [0.5, 0.6) is 0 Å². The van der Waals surface area contributed by atoms with E-state index in [1.165, 1.54) is 0 Å². The first-order valence-corrected chi connectivity index (χ1v) is 8.66. The molecule has 1 atom stereocenters. The van der Waals surface area contributed by atoms with Crippen LogP contribution in [-0.4, -0.2) is 18.6 Å². The first-order valence-electron chi connectivity index (χ1n) is 7.91. The van der Waals surface area contributed by atoms with Crippen molar-refractivity contribution in [2.24, 2.45) is 0 Å². The molecule has 1 aromatic rings. The normalized spacial score (nSPS) is 17.3. The Morgan fingerprint density at radius 1 is 1.29 bits per heavy atom. The van der Waals surface area contributed by atoms with E-state index < -0.39 is 12.0 Å². The van der Waals surface area contributed by atoms with Crippen molar-refractivity contribution in [1.82, 2.24) is 10.6 Å². The van der Waals surface area contributed by atoms with Crippen molar-refractivity contribution in [2.45, 2.75) is 39.2 Å². The minimum absolute atomic E-state index is 0.243. The maximum atomic E-state index is 12.5. The third-order valence-corrected chi connectivity index (χ3v) is 4.56. The van der Waals surface area contributed by atoms with Crippen LogP contribution in [0.25, 0.3) is 0 Å². The standard InChI is InChI=1S/C17H20Cl2N2O3/c1-3-5-9-12-13(16(22)24-4-2)15(21-17(23)20-12)10-7-6-8-11(18)14(10)19/h6-8,15H,3-5,9H2,1-2H3,(H2,20,21,23). The van der Waals surface area contributed by atoms with Gasteiger partial charge in [0.05, 0.1) is 28.3 Å². The SMILES string of the molecule is CCCCC1=C(C(=O)OCC)C(c2cccc(Cl)c2Cl)NC(=O)N1. The molecule has 1 aromatic carbocycles. The lowest BCUT2D eigenvalue weighted by Gasteiger charge is -2.30. The van der Waals surface area contributed by atoms with Gasteiger partial charge in [0.2, 0.25) is 0 Å². The predicted molar refractivity (Wildman–Crippen MR) is 94.1 cm³/mol. The van der Waals surface area contributed by atoms with E-state index in [0.29, 0.717) is 33.3 Å². The van der Waals surface area contributed by atoms with Crippen molar-refractivity contribution in [2.75, 3.05) is 6.61 Å². The number of rotatable bonds is 6. The van der Waals surface area contributed by atoms with Crippen LogP contribution < -0.4 is 10.6 Å². The Balaban J connectivity index is 2.54. The molecule has 2 amide bonds. The Hall–Kier alpha value is -1.72. The van der Waals surface area contributed by atoms with E-state index in [1.54, 1.807) is 25.1 Å². The number of carbonyl (C=O) groups excluding carboxylic acids is 2. The van der Waals surface area contributed by atoms with Gasteiger partial charge in [0.25, 0.3) is 0 Å². The van der Waals surface area contributed by atoms with Crippen LogP contribution in [0.3, 0.4) is 0 Å². The molecule has 5 nitrogen and oxygen atoms in total. The smallest absolute Gasteiger partial charge is 0.338 e. The van der Waals surface area contributed by atoms with Gasteiger partial charge in [-0.25, -0.2) is 9.59 Å². The zero-order chi connectivity index (χ0) is 17.7. The summed E-state index contributed by atoms with van der Waals surface area (Å²) in [4.78, 5) is 24.6. The molecule has 1 heterocycles. The molecule has 24 heavy (non-hydrogen) atoms. The van der Waals surface area contributed by atoms with Crippen LogP contribution in [-0.2, 0) is 9.53 Å². The highest BCUT2D eigenvalue weighted by molar-refractivity contribution is 6.42. The third-order valence-electron chi connectivity index (χ3n) is 3.72. The van der Waals surface area contributed by atoms with E-state index in [-0.39, 0.29) is 12.6 Å².